The molecule has 69 heavy (non-hydrogen) atoms. The van der Waals surface area contributed by atoms with Gasteiger partial charge in [-0.1, -0.05) is 62.7 Å². The molecular weight excluding hydrogens is 879 g/mol. The summed E-state index contributed by atoms with van der Waals surface area (Å²) in [6, 6.07) is 13.7. The second-order valence-electron chi connectivity index (χ2n) is 20.2. The van der Waals surface area contributed by atoms with Crippen molar-refractivity contribution < 1.29 is 33.3 Å². The zero-order valence-electron chi connectivity index (χ0n) is 39.1. The summed E-state index contributed by atoms with van der Waals surface area (Å²) in [5, 5.41) is 12.5. The number of carbonyl (C=O) groups is 6. The van der Waals surface area contributed by atoms with Crippen molar-refractivity contribution >= 4 is 64.4 Å². The fraction of sp³-hybridized carbons (Fsp3) is 0.431. The van der Waals surface area contributed by atoms with Gasteiger partial charge in [0.2, 0.25) is 23.6 Å². The number of carbonyl (C=O) groups excluding carboxylic acids is 6. The maximum absolute atomic E-state index is 13.8. The van der Waals surface area contributed by atoms with E-state index in [4.69, 9.17) is 15.2 Å². The van der Waals surface area contributed by atoms with Crippen LogP contribution in [0.2, 0.25) is 0 Å². The Morgan fingerprint density at radius 1 is 0.942 bits per heavy atom. The van der Waals surface area contributed by atoms with Gasteiger partial charge < -0.3 is 25.8 Å². The summed E-state index contributed by atoms with van der Waals surface area (Å²) in [5.74, 6) is 0.351. The molecule has 2 saturated heterocycles. The van der Waals surface area contributed by atoms with Crippen LogP contribution in [0, 0.1) is 5.92 Å². The Balaban J connectivity index is 0.813. The van der Waals surface area contributed by atoms with Crippen molar-refractivity contribution in [2.45, 2.75) is 102 Å². The fourth-order valence-corrected chi connectivity index (χ4v) is 10.4. The highest BCUT2D eigenvalue weighted by molar-refractivity contribution is 6.23. The minimum Gasteiger partial charge on any atom is -0.382 e. The molecule has 1 aliphatic carbocycles. The lowest BCUT2D eigenvalue weighted by molar-refractivity contribution is -0.136. The first kappa shape index (κ1) is 45.6. The first-order valence-electron chi connectivity index (χ1n) is 24.0. The van der Waals surface area contributed by atoms with Gasteiger partial charge in [-0.05, 0) is 74.9 Å². The summed E-state index contributed by atoms with van der Waals surface area (Å²) in [6.45, 7) is 9.22. The van der Waals surface area contributed by atoms with Crippen LogP contribution < -0.4 is 26.6 Å². The molecular formula is C51H57N11O7. The molecule has 6 amide bonds. The second kappa shape index (κ2) is 18.4. The number of anilines is 3. The molecule has 2 bridgehead atoms. The molecule has 1 unspecified atom stereocenters. The second-order valence-corrected chi connectivity index (χ2v) is 20.2. The minimum atomic E-state index is -1.01. The van der Waals surface area contributed by atoms with Gasteiger partial charge in [-0.25, -0.2) is 9.97 Å². The summed E-state index contributed by atoms with van der Waals surface area (Å²) in [6.07, 6.45) is 11.4. The number of rotatable bonds is 8. The van der Waals surface area contributed by atoms with Crippen LogP contribution in [0.4, 0.5) is 17.3 Å². The summed E-state index contributed by atoms with van der Waals surface area (Å²) in [4.78, 5) is 93.1. The van der Waals surface area contributed by atoms with Crippen LogP contribution in [-0.4, -0.2) is 110 Å². The molecule has 0 radical (unpaired) electrons. The van der Waals surface area contributed by atoms with Gasteiger partial charge in [-0.2, -0.15) is 0 Å². The number of nitrogen functional groups attached to an aromatic ring is 1. The predicted molar refractivity (Wildman–Crippen MR) is 257 cm³/mol. The van der Waals surface area contributed by atoms with Crippen LogP contribution in [-0.2, 0) is 31.0 Å². The van der Waals surface area contributed by atoms with E-state index < -0.39 is 29.7 Å². The van der Waals surface area contributed by atoms with Gasteiger partial charge in [0.25, 0.3) is 11.8 Å². The molecule has 358 valence electrons. The third kappa shape index (κ3) is 9.24. The van der Waals surface area contributed by atoms with E-state index in [-0.39, 0.29) is 72.0 Å². The van der Waals surface area contributed by atoms with Crippen LogP contribution in [0.3, 0.4) is 0 Å². The first-order chi connectivity index (χ1) is 33.2. The molecule has 5 aromatic rings. The van der Waals surface area contributed by atoms with Gasteiger partial charge in [0, 0.05) is 66.7 Å². The van der Waals surface area contributed by atoms with Crippen LogP contribution in [0.15, 0.2) is 65.3 Å². The molecule has 3 aromatic heterocycles. The monoisotopic (exact) mass is 935 g/mol. The zero-order chi connectivity index (χ0) is 48.1. The summed E-state index contributed by atoms with van der Waals surface area (Å²) < 4.78 is 7.57. The maximum Gasteiger partial charge on any atom is 0.262 e. The molecule has 5 aliphatic rings. The lowest BCUT2D eigenvalue weighted by atomic mass is 9.85. The van der Waals surface area contributed by atoms with Crippen molar-refractivity contribution in [2.24, 2.45) is 5.92 Å². The van der Waals surface area contributed by atoms with Crippen molar-refractivity contribution in [1.29, 1.82) is 0 Å². The number of amides is 6. The van der Waals surface area contributed by atoms with Crippen molar-refractivity contribution in [3.63, 3.8) is 0 Å². The predicted octanol–water partition coefficient (Wildman–Crippen LogP) is 5.23. The molecule has 0 spiro atoms. The van der Waals surface area contributed by atoms with Crippen LogP contribution >= 0.6 is 0 Å². The van der Waals surface area contributed by atoms with Gasteiger partial charge in [-0.3, -0.25) is 48.3 Å². The Bertz CT molecular complexity index is 2910. The normalized spacial score (nSPS) is 22.1. The Hall–Kier alpha value is -7.21. The average molecular weight is 936 g/mol. The molecule has 18 nitrogen and oxygen atoms in total. The van der Waals surface area contributed by atoms with Gasteiger partial charge >= 0.3 is 0 Å². The molecule has 7 heterocycles. The third-order valence-electron chi connectivity index (χ3n) is 14.0. The summed E-state index contributed by atoms with van der Waals surface area (Å²) in [5.41, 5.74) is 11.8. The van der Waals surface area contributed by atoms with Gasteiger partial charge in [0.1, 0.15) is 34.7 Å². The first-order valence-corrected chi connectivity index (χ1v) is 24.0. The van der Waals surface area contributed by atoms with Crippen molar-refractivity contribution in [1.82, 2.24) is 40.0 Å². The van der Waals surface area contributed by atoms with Crippen molar-refractivity contribution in [3.8, 4) is 11.3 Å². The number of aromatic nitrogens is 4. The van der Waals surface area contributed by atoms with Crippen LogP contribution in [0.5, 0.6) is 0 Å². The van der Waals surface area contributed by atoms with E-state index >= 15 is 0 Å². The topological polar surface area (TPSA) is 230 Å². The summed E-state index contributed by atoms with van der Waals surface area (Å²) >= 11 is 0. The molecule has 1 saturated carbocycles. The highest BCUT2D eigenvalue weighted by Crippen LogP contribution is 2.39. The third-order valence-corrected chi connectivity index (χ3v) is 14.0. The van der Waals surface area contributed by atoms with Crippen molar-refractivity contribution in [3.05, 3.63) is 94.8 Å². The number of imide groups is 2. The largest absolute Gasteiger partial charge is 0.382 e. The van der Waals surface area contributed by atoms with E-state index in [0.717, 1.165) is 103 Å². The van der Waals surface area contributed by atoms with Gasteiger partial charge in [-0.15, -0.1) is 0 Å². The zero-order valence-corrected chi connectivity index (χ0v) is 39.1. The molecule has 3 atom stereocenters. The minimum absolute atomic E-state index is 0.00290. The van der Waals surface area contributed by atoms with E-state index in [1.54, 1.807) is 24.4 Å². The highest BCUT2D eigenvalue weighted by Gasteiger charge is 2.45. The Kier molecular flexibility index (Phi) is 12.1. The molecule has 3 fully saturated rings. The number of hydrogen-bond donors (Lipinski definition) is 4. The van der Waals surface area contributed by atoms with E-state index in [0.29, 0.717) is 23.1 Å². The maximum atomic E-state index is 13.8. The number of allylic oxidation sites excluding steroid dienone is 1. The Morgan fingerprint density at radius 3 is 2.51 bits per heavy atom. The number of hydrogen-bond acceptors (Lipinski definition) is 13. The Labute approximate surface area is 399 Å². The number of piperidine rings is 1. The average Bonchev–Trinajstić information content (AvgIpc) is 4.01. The van der Waals surface area contributed by atoms with Gasteiger partial charge in [0.15, 0.2) is 5.82 Å². The number of benzene rings is 2. The lowest BCUT2D eigenvalue weighted by Crippen LogP contribution is -2.54. The van der Waals surface area contributed by atoms with E-state index in [1.807, 2.05) is 51.1 Å². The highest BCUT2D eigenvalue weighted by atomic mass is 16.5. The van der Waals surface area contributed by atoms with E-state index in [1.165, 1.54) is 0 Å². The molecule has 18 heteroatoms. The van der Waals surface area contributed by atoms with Crippen LogP contribution in [0.1, 0.15) is 122 Å². The number of imidazole rings is 1. The fourth-order valence-electron chi connectivity index (χ4n) is 10.4. The SMILES string of the molecule is CC(C)(C)c1cc(NC(=O)Cc2ccc(-c3nc4n5c(cnc(N)c35)/C=C/CCCN(CC3CN(c5ccc6c(c5)C(=O)N(C5CCC(=O)NC5=O)C6=O)C3)CC(=O)N[C@@H]3CCC[C@@H]4C3)cc2)no1. The van der Waals surface area contributed by atoms with E-state index in [9.17, 15) is 28.8 Å². The molecule has 2 aromatic carbocycles. The van der Waals surface area contributed by atoms with Gasteiger partial charge in [0.05, 0.1) is 36.0 Å². The number of nitrogens with zero attached hydrogens (tertiary/aromatic N) is 7. The standard InChI is InChI=1S/C51H57N11O7/c1-51(2,3)39-23-40(58-69-39)55-42(64)20-29-11-13-31(14-12-29)44-45-46(52)53-24-35-10-5-4-6-19-59(28-43(65)54-33-9-7-8-32(21-33)47(57-44)61(35)45)25-30-26-60(27-30)34-15-16-36-37(22-34)50(68)62(49(36)67)38-17-18-41(63)56-48(38)66/h5,10-16,22-24,30,32-33,38H,4,6-9,17-21,25-28H2,1-3H3,(H2,52,53)(H,54,65)(H,55,58,64)(H,56,63,66)/b10-5+/t32-,33-,38?/m1/s1. The number of fused-ring (bicyclic) bond motifs is 4. The summed E-state index contributed by atoms with van der Waals surface area (Å²) in [7, 11) is 0. The lowest BCUT2D eigenvalue weighted by Gasteiger charge is -2.43. The number of nitrogens with two attached hydrogens (primary N) is 1. The molecule has 4 aliphatic heterocycles. The smallest absolute Gasteiger partial charge is 0.262 e. The molecule has 5 N–H and O–H groups in total. The quantitative estimate of drug-likeness (QED) is 0.146. The van der Waals surface area contributed by atoms with Crippen molar-refractivity contribution in [2.75, 3.05) is 48.7 Å². The Morgan fingerprint density at radius 2 is 1.74 bits per heavy atom. The number of nitrogens with one attached hydrogen (secondary N) is 3. The molecule has 10 rings (SSSR count). The van der Waals surface area contributed by atoms with Crippen LogP contribution in [0.25, 0.3) is 22.9 Å². The van der Waals surface area contributed by atoms with E-state index in [2.05, 4.69) is 52.4 Å².